The number of hydrogen-bond acceptors (Lipinski definition) is 4. The zero-order valence-electron chi connectivity index (χ0n) is 13.4. The van der Waals surface area contributed by atoms with Crippen LogP contribution in [0.25, 0.3) is 5.69 Å². The Morgan fingerprint density at radius 3 is 2.40 bits per heavy atom. The molecule has 25 heavy (non-hydrogen) atoms. The summed E-state index contributed by atoms with van der Waals surface area (Å²) in [6.07, 6.45) is 3.90. The van der Waals surface area contributed by atoms with Gasteiger partial charge < -0.3 is 10.2 Å². The van der Waals surface area contributed by atoms with Gasteiger partial charge in [0.1, 0.15) is 6.04 Å². The number of aliphatic hydroxyl groups excluding tert-OH is 1. The van der Waals surface area contributed by atoms with Gasteiger partial charge in [0.05, 0.1) is 17.8 Å². The van der Waals surface area contributed by atoms with E-state index in [1.807, 2.05) is 0 Å². The monoisotopic (exact) mass is 343 g/mol. The van der Waals surface area contributed by atoms with E-state index in [0.717, 1.165) is 21.4 Å². The summed E-state index contributed by atoms with van der Waals surface area (Å²) in [6.45, 7) is 1.75. The number of carboxylic acids is 1. The van der Waals surface area contributed by atoms with Gasteiger partial charge in [-0.1, -0.05) is 30.4 Å². The van der Waals surface area contributed by atoms with Crippen LogP contribution >= 0.6 is 0 Å². The Balaban J connectivity index is 2.17. The molecule has 8 heteroatoms. The van der Waals surface area contributed by atoms with Gasteiger partial charge in [-0.2, -0.15) is 0 Å². The second kappa shape index (κ2) is 6.40. The number of aliphatic hydroxyl groups is 1. The SMILES string of the molecule is CC1C=CC(C(O)/C=C/C(=O)O)n2c(=O)n(-c3ccccc3)c(=O)n21. The number of carboxylic acid groups (broad SMARTS) is 1. The average molecular weight is 343 g/mol. The van der Waals surface area contributed by atoms with Crippen molar-refractivity contribution in [1.29, 1.82) is 0 Å². The first-order chi connectivity index (χ1) is 11.9. The number of fused-ring (bicyclic) bond motifs is 1. The Morgan fingerprint density at radius 2 is 1.76 bits per heavy atom. The molecule has 3 unspecified atom stereocenters. The molecule has 1 aliphatic rings. The molecule has 0 amide bonds. The Hall–Kier alpha value is -3.13. The molecule has 2 aromatic rings. The lowest BCUT2D eigenvalue weighted by atomic mass is 10.1. The van der Waals surface area contributed by atoms with E-state index in [2.05, 4.69) is 0 Å². The third-order valence-corrected chi connectivity index (χ3v) is 4.06. The van der Waals surface area contributed by atoms with Crippen LogP contribution in [0, 0.1) is 0 Å². The minimum absolute atomic E-state index is 0.378. The molecule has 0 radical (unpaired) electrons. The van der Waals surface area contributed by atoms with Crippen molar-refractivity contribution in [2.75, 3.05) is 0 Å². The minimum atomic E-state index is -1.27. The van der Waals surface area contributed by atoms with Crippen molar-refractivity contribution in [3.05, 3.63) is 75.6 Å². The fraction of sp³-hybridized carbons (Fsp3) is 0.235. The van der Waals surface area contributed by atoms with E-state index in [1.54, 1.807) is 49.4 Å². The summed E-state index contributed by atoms with van der Waals surface area (Å²) < 4.78 is 3.46. The Bertz CT molecular complexity index is 964. The molecule has 3 atom stereocenters. The smallest absolute Gasteiger partial charge is 0.352 e. The fourth-order valence-corrected chi connectivity index (χ4v) is 2.90. The van der Waals surface area contributed by atoms with Crippen molar-refractivity contribution in [3.63, 3.8) is 0 Å². The Morgan fingerprint density at radius 1 is 1.12 bits per heavy atom. The van der Waals surface area contributed by atoms with E-state index in [0.29, 0.717) is 5.69 Å². The number of para-hydroxylation sites is 1. The minimum Gasteiger partial charge on any atom is -0.478 e. The van der Waals surface area contributed by atoms with Gasteiger partial charge in [-0.3, -0.25) is 0 Å². The predicted octanol–water partition coefficient (Wildman–Crippen LogP) is 0.474. The number of rotatable bonds is 4. The average Bonchev–Trinajstić information content (AvgIpc) is 2.86. The molecule has 0 spiro atoms. The lowest BCUT2D eigenvalue weighted by Gasteiger charge is -2.26. The second-order valence-electron chi connectivity index (χ2n) is 5.73. The van der Waals surface area contributed by atoms with Gasteiger partial charge in [-0.05, 0) is 25.1 Å². The van der Waals surface area contributed by atoms with Gasteiger partial charge in [0.2, 0.25) is 0 Å². The number of carbonyl (C=O) groups is 1. The van der Waals surface area contributed by atoms with E-state index < -0.39 is 29.5 Å². The van der Waals surface area contributed by atoms with Crippen LogP contribution in [0.15, 0.2) is 64.2 Å². The molecule has 0 saturated heterocycles. The predicted molar refractivity (Wildman–Crippen MR) is 90.0 cm³/mol. The standard InChI is InChI=1S/C17H17N3O5/c1-11-7-8-13(14(21)9-10-15(22)23)20-17(25)18(16(24)19(11)20)12-5-3-2-4-6-12/h2-11,13-14,21H,1H3,(H,22,23)/b10-9+. The molecule has 1 aliphatic heterocycles. The first kappa shape index (κ1) is 16.7. The van der Waals surface area contributed by atoms with Crippen LogP contribution in [-0.2, 0) is 4.79 Å². The van der Waals surface area contributed by atoms with Crippen LogP contribution in [-0.4, -0.2) is 36.2 Å². The molecule has 0 fully saturated rings. The van der Waals surface area contributed by atoms with Crippen molar-refractivity contribution >= 4 is 5.97 Å². The van der Waals surface area contributed by atoms with Crippen molar-refractivity contribution < 1.29 is 15.0 Å². The summed E-state index contributed by atoms with van der Waals surface area (Å²) in [7, 11) is 0. The molecule has 2 heterocycles. The van der Waals surface area contributed by atoms with E-state index in [4.69, 9.17) is 5.11 Å². The maximum Gasteiger partial charge on any atom is 0.352 e. The van der Waals surface area contributed by atoms with Crippen LogP contribution in [0.3, 0.4) is 0 Å². The number of aliphatic carboxylic acids is 1. The molecular weight excluding hydrogens is 326 g/mol. The fourth-order valence-electron chi connectivity index (χ4n) is 2.90. The second-order valence-corrected chi connectivity index (χ2v) is 5.73. The summed E-state index contributed by atoms with van der Waals surface area (Å²) in [6, 6.07) is 7.23. The van der Waals surface area contributed by atoms with Crippen molar-refractivity contribution in [2.45, 2.75) is 25.1 Å². The number of allylic oxidation sites excluding steroid dienone is 1. The summed E-state index contributed by atoms with van der Waals surface area (Å²) in [5.41, 5.74) is -0.693. The zero-order valence-corrected chi connectivity index (χ0v) is 13.4. The molecular formula is C17H17N3O5. The van der Waals surface area contributed by atoms with Gasteiger partial charge in [0.15, 0.2) is 0 Å². The summed E-state index contributed by atoms with van der Waals surface area (Å²) in [5.74, 6) is -1.21. The first-order valence-corrected chi connectivity index (χ1v) is 7.71. The normalized spacial score (nSPS) is 20.6. The Kier molecular flexibility index (Phi) is 4.28. The highest BCUT2D eigenvalue weighted by atomic mass is 16.4. The summed E-state index contributed by atoms with van der Waals surface area (Å²) >= 11 is 0. The molecule has 0 saturated carbocycles. The Labute approximate surface area is 142 Å². The van der Waals surface area contributed by atoms with E-state index in [9.17, 15) is 19.5 Å². The molecule has 8 nitrogen and oxygen atoms in total. The lowest BCUT2D eigenvalue weighted by molar-refractivity contribution is -0.131. The summed E-state index contributed by atoms with van der Waals surface area (Å²) in [4.78, 5) is 36.3. The lowest BCUT2D eigenvalue weighted by Crippen LogP contribution is -2.38. The number of nitrogens with zero attached hydrogens (tertiary/aromatic N) is 3. The first-order valence-electron chi connectivity index (χ1n) is 7.71. The number of aromatic nitrogens is 3. The molecule has 3 rings (SSSR count). The van der Waals surface area contributed by atoms with Crippen LogP contribution in [0.4, 0.5) is 0 Å². The largest absolute Gasteiger partial charge is 0.478 e. The summed E-state index contributed by atoms with van der Waals surface area (Å²) in [5, 5.41) is 19.0. The number of benzene rings is 1. The van der Waals surface area contributed by atoms with Crippen LogP contribution < -0.4 is 11.4 Å². The number of hydrogen-bond donors (Lipinski definition) is 2. The van der Waals surface area contributed by atoms with E-state index >= 15 is 0 Å². The quantitative estimate of drug-likeness (QED) is 0.620. The van der Waals surface area contributed by atoms with E-state index in [1.165, 1.54) is 4.68 Å². The third kappa shape index (κ3) is 2.87. The van der Waals surface area contributed by atoms with Gasteiger partial charge in [-0.15, -0.1) is 0 Å². The van der Waals surface area contributed by atoms with Crippen LogP contribution in [0.5, 0.6) is 0 Å². The van der Waals surface area contributed by atoms with Gasteiger partial charge in [0, 0.05) is 6.08 Å². The molecule has 1 aromatic carbocycles. The van der Waals surface area contributed by atoms with E-state index in [-0.39, 0.29) is 6.04 Å². The van der Waals surface area contributed by atoms with Crippen molar-refractivity contribution in [1.82, 2.24) is 13.9 Å². The highest BCUT2D eigenvalue weighted by Crippen LogP contribution is 2.22. The molecule has 0 bridgehead atoms. The highest BCUT2D eigenvalue weighted by molar-refractivity contribution is 5.79. The van der Waals surface area contributed by atoms with Crippen LogP contribution in [0.2, 0.25) is 0 Å². The third-order valence-electron chi connectivity index (χ3n) is 4.06. The van der Waals surface area contributed by atoms with Crippen molar-refractivity contribution in [2.24, 2.45) is 0 Å². The molecule has 0 aliphatic carbocycles. The molecule has 1 aromatic heterocycles. The van der Waals surface area contributed by atoms with Gasteiger partial charge in [0.25, 0.3) is 0 Å². The molecule has 2 N–H and O–H groups in total. The van der Waals surface area contributed by atoms with Crippen LogP contribution in [0.1, 0.15) is 19.0 Å². The maximum atomic E-state index is 12.9. The van der Waals surface area contributed by atoms with Gasteiger partial charge >= 0.3 is 17.3 Å². The zero-order chi connectivity index (χ0) is 18.1. The molecule has 130 valence electrons. The van der Waals surface area contributed by atoms with Gasteiger partial charge in [-0.25, -0.2) is 28.3 Å². The van der Waals surface area contributed by atoms with Crippen molar-refractivity contribution in [3.8, 4) is 5.69 Å². The topological polar surface area (TPSA) is 106 Å². The highest BCUT2D eigenvalue weighted by Gasteiger charge is 2.30. The maximum absolute atomic E-state index is 12.9.